The summed E-state index contributed by atoms with van der Waals surface area (Å²) in [5.41, 5.74) is 1.01. The monoisotopic (exact) mass is 310 g/mol. The molecule has 0 bridgehead atoms. The van der Waals surface area contributed by atoms with Crippen molar-refractivity contribution in [3.05, 3.63) is 29.8 Å². The lowest BCUT2D eigenvalue weighted by atomic mass is 10.1. The smallest absolute Gasteiger partial charge is 0.317 e. The van der Waals surface area contributed by atoms with E-state index in [1.54, 1.807) is 12.0 Å². The summed E-state index contributed by atoms with van der Waals surface area (Å²) in [6, 6.07) is 7.69. The zero-order valence-electron chi connectivity index (χ0n) is 13.6. The van der Waals surface area contributed by atoms with Crippen LogP contribution in [0, 0.1) is 0 Å². The Kier molecular flexibility index (Phi) is 7.43. The normalized spacial score (nSPS) is 12.1. The van der Waals surface area contributed by atoms with Crippen molar-refractivity contribution in [3.63, 3.8) is 0 Å². The highest BCUT2D eigenvalue weighted by molar-refractivity contribution is 7.99. The van der Waals surface area contributed by atoms with E-state index in [2.05, 4.69) is 19.2 Å². The number of hydrogen-bond donors (Lipinski definition) is 1. The number of para-hydroxylation sites is 1. The van der Waals surface area contributed by atoms with Gasteiger partial charge >= 0.3 is 6.03 Å². The minimum atomic E-state index is -0.0576. The van der Waals surface area contributed by atoms with Crippen LogP contribution in [0.4, 0.5) is 4.79 Å². The van der Waals surface area contributed by atoms with Crippen molar-refractivity contribution in [1.29, 1.82) is 0 Å². The lowest BCUT2D eigenvalue weighted by Gasteiger charge is -2.26. The van der Waals surface area contributed by atoms with Crippen LogP contribution in [0.1, 0.15) is 32.4 Å². The first kappa shape index (κ1) is 17.7. The van der Waals surface area contributed by atoms with E-state index in [1.807, 2.05) is 50.0 Å². The molecule has 0 saturated carbocycles. The van der Waals surface area contributed by atoms with Crippen LogP contribution >= 0.6 is 11.8 Å². The SMILES string of the molecule is COc1ccccc1C(C)N(C)C(=O)NCCSC(C)C. The molecule has 2 amide bonds. The molecule has 0 aliphatic carbocycles. The van der Waals surface area contributed by atoms with Crippen molar-refractivity contribution in [2.24, 2.45) is 0 Å². The van der Waals surface area contributed by atoms with Crippen LogP contribution in [0.2, 0.25) is 0 Å². The molecule has 1 aromatic carbocycles. The van der Waals surface area contributed by atoms with Gasteiger partial charge in [-0.1, -0.05) is 32.0 Å². The number of benzene rings is 1. The highest BCUT2D eigenvalue weighted by Crippen LogP contribution is 2.27. The van der Waals surface area contributed by atoms with Gasteiger partial charge in [0.2, 0.25) is 0 Å². The quantitative estimate of drug-likeness (QED) is 0.783. The van der Waals surface area contributed by atoms with Gasteiger partial charge in [0.05, 0.1) is 13.2 Å². The average molecular weight is 310 g/mol. The number of thioether (sulfide) groups is 1. The number of amides is 2. The molecule has 0 spiro atoms. The van der Waals surface area contributed by atoms with Gasteiger partial charge in [0.25, 0.3) is 0 Å². The van der Waals surface area contributed by atoms with Gasteiger partial charge in [-0.3, -0.25) is 0 Å². The van der Waals surface area contributed by atoms with Crippen molar-refractivity contribution in [2.75, 3.05) is 26.5 Å². The van der Waals surface area contributed by atoms with E-state index in [4.69, 9.17) is 4.74 Å². The number of rotatable bonds is 7. The molecule has 0 saturated heterocycles. The fourth-order valence-electron chi connectivity index (χ4n) is 1.97. The average Bonchev–Trinajstić information content (AvgIpc) is 2.49. The van der Waals surface area contributed by atoms with Crippen molar-refractivity contribution in [2.45, 2.75) is 32.1 Å². The fraction of sp³-hybridized carbons (Fsp3) is 0.562. The van der Waals surface area contributed by atoms with E-state index >= 15 is 0 Å². The van der Waals surface area contributed by atoms with Gasteiger partial charge < -0.3 is 15.0 Å². The highest BCUT2D eigenvalue weighted by atomic mass is 32.2. The molecule has 0 radical (unpaired) electrons. The largest absolute Gasteiger partial charge is 0.496 e. The second-order valence-corrected chi connectivity index (χ2v) is 6.86. The highest BCUT2D eigenvalue weighted by Gasteiger charge is 2.19. The van der Waals surface area contributed by atoms with E-state index in [0.717, 1.165) is 17.1 Å². The number of nitrogens with zero attached hydrogens (tertiary/aromatic N) is 1. The number of urea groups is 1. The van der Waals surface area contributed by atoms with Crippen LogP contribution < -0.4 is 10.1 Å². The van der Waals surface area contributed by atoms with E-state index in [0.29, 0.717) is 11.8 Å². The van der Waals surface area contributed by atoms with Gasteiger partial charge in [-0.15, -0.1) is 0 Å². The Morgan fingerprint density at radius 2 is 2.00 bits per heavy atom. The molecule has 0 aromatic heterocycles. The molecule has 4 nitrogen and oxygen atoms in total. The number of ether oxygens (including phenoxy) is 1. The summed E-state index contributed by atoms with van der Waals surface area (Å²) in [6.45, 7) is 7.00. The van der Waals surface area contributed by atoms with E-state index in [1.165, 1.54) is 0 Å². The first-order valence-electron chi connectivity index (χ1n) is 7.22. The van der Waals surface area contributed by atoms with E-state index in [9.17, 15) is 4.79 Å². The maximum absolute atomic E-state index is 12.2. The standard InChI is InChI=1S/C16H26N2O2S/c1-12(2)21-11-10-17-16(19)18(4)13(3)14-8-6-7-9-15(14)20-5/h6-9,12-13H,10-11H2,1-5H3,(H,17,19). The third-order valence-corrected chi connectivity index (χ3v) is 4.43. The maximum Gasteiger partial charge on any atom is 0.317 e. The number of carbonyl (C=O) groups is 1. The number of nitrogens with one attached hydrogen (secondary N) is 1. The predicted molar refractivity (Wildman–Crippen MR) is 90.2 cm³/mol. The van der Waals surface area contributed by atoms with Gasteiger partial charge in [-0.25, -0.2) is 4.79 Å². The second-order valence-electron chi connectivity index (χ2n) is 5.18. The van der Waals surface area contributed by atoms with Crippen molar-refractivity contribution >= 4 is 17.8 Å². The summed E-state index contributed by atoms with van der Waals surface area (Å²) in [5.74, 6) is 1.74. The van der Waals surface area contributed by atoms with Gasteiger partial charge in [0.1, 0.15) is 5.75 Å². The summed E-state index contributed by atoms with van der Waals surface area (Å²) >= 11 is 1.84. The van der Waals surface area contributed by atoms with Crippen molar-refractivity contribution in [3.8, 4) is 5.75 Å². The summed E-state index contributed by atoms with van der Waals surface area (Å²) in [5, 5.41) is 3.54. The number of carbonyl (C=O) groups excluding carboxylic acids is 1. The summed E-state index contributed by atoms with van der Waals surface area (Å²) in [7, 11) is 3.46. The first-order valence-corrected chi connectivity index (χ1v) is 8.27. The Hall–Kier alpha value is -1.36. The minimum Gasteiger partial charge on any atom is -0.496 e. The topological polar surface area (TPSA) is 41.6 Å². The van der Waals surface area contributed by atoms with Gasteiger partial charge in [-0.2, -0.15) is 11.8 Å². The van der Waals surface area contributed by atoms with Crippen LogP contribution in [0.25, 0.3) is 0 Å². The van der Waals surface area contributed by atoms with Crippen LogP contribution in [0.3, 0.4) is 0 Å². The van der Waals surface area contributed by atoms with Gasteiger partial charge in [0, 0.05) is 24.9 Å². The maximum atomic E-state index is 12.2. The number of methoxy groups -OCH3 is 1. The summed E-state index contributed by atoms with van der Waals surface area (Å²) in [6.07, 6.45) is 0. The minimum absolute atomic E-state index is 0.0427. The molecule has 1 unspecified atom stereocenters. The molecule has 1 atom stereocenters. The molecular weight excluding hydrogens is 284 g/mol. The molecule has 1 rings (SSSR count). The Labute approximate surface area is 132 Å². The molecule has 0 aliphatic heterocycles. The second kappa shape index (κ2) is 8.82. The van der Waals surface area contributed by atoms with E-state index < -0.39 is 0 Å². The molecule has 5 heteroatoms. The Morgan fingerprint density at radius 1 is 1.33 bits per heavy atom. The van der Waals surface area contributed by atoms with Crippen LogP contribution in [-0.2, 0) is 0 Å². The zero-order valence-corrected chi connectivity index (χ0v) is 14.4. The predicted octanol–water partition coefficient (Wildman–Crippen LogP) is 3.54. The lowest BCUT2D eigenvalue weighted by Crippen LogP contribution is -2.39. The molecule has 1 N–H and O–H groups in total. The fourth-order valence-corrected chi connectivity index (χ4v) is 2.66. The molecule has 1 aromatic rings. The molecular formula is C16H26N2O2S. The van der Waals surface area contributed by atoms with E-state index in [-0.39, 0.29) is 12.1 Å². The van der Waals surface area contributed by atoms with Crippen LogP contribution in [0.15, 0.2) is 24.3 Å². The zero-order chi connectivity index (χ0) is 15.8. The lowest BCUT2D eigenvalue weighted by molar-refractivity contribution is 0.194. The molecule has 21 heavy (non-hydrogen) atoms. The summed E-state index contributed by atoms with van der Waals surface area (Å²) < 4.78 is 5.36. The third kappa shape index (κ3) is 5.50. The number of hydrogen-bond acceptors (Lipinski definition) is 3. The Bertz CT molecular complexity index is 452. The third-order valence-electron chi connectivity index (χ3n) is 3.32. The molecule has 0 heterocycles. The Morgan fingerprint density at radius 3 is 2.62 bits per heavy atom. The molecule has 118 valence electrons. The van der Waals surface area contributed by atoms with Gasteiger partial charge in [-0.05, 0) is 18.2 Å². The van der Waals surface area contributed by atoms with Crippen molar-refractivity contribution in [1.82, 2.24) is 10.2 Å². The molecule has 0 fully saturated rings. The van der Waals surface area contributed by atoms with Gasteiger partial charge in [0.15, 0.2) is 0 Å². The summed E-state index contributed by atoms with van der Waals surface area (Å²) in [4.78, 5) is 13.9. The Balaban J connectivity index is 2.56. The van der Waals surface area contributed by atoms with Crippen LogP contribution in [-0.4, -0.2) is 42.6 Å². The van der Waals surface area contributed by atoms with Crippen molar-refractivity contribution < 1.29 is 9.53 Å². The van der Waals surface area contributed by atoms with Crippen LogP contribution in [0.5, 0.6) is 5.75 Å². The first-order chi connectivity index (χ1) is 9.97. The molecule has 0 aliphatic rings.